The second-order valence-electron chi connectivity index (χ2n) is 2.61. The van der Waals surface area contributed by atoms with Crippen LogP contribution in [0.25, 0.3) is 20.7 Å². The van der Waals surface area contributed by atoms with Crippen LogP contribution >= 0.6 is 0 Å². The molecule has 0 bridgehead atoms. The fraction of sp³-hybridized carbons (Fsp3) is 0. The summed E-state index contributed by atoms with van der Waals surface area (Å²) < 4.78 is 0. The molecule has 0 amide bonds. The molecule has 0 aliphatic heterocycles. The standard InChI is InChI=1S/C10H4N4/c1-11-7-5-9-10(6-8(7)12-2)14-4-3-13-9/h3-6H. The van der Waals surface area contributed by atoms with Crippen molar-refractivity contribution < 1.29 is 0 Å². The maximum atomic E-state index is 6.90. The summed E-state index contributed by atoms with van der Waals surface area (Å²) in [6.45, 7) is 13.8. The molecule has 14 heavy (non-hydrogen) atoms. The lowest BCUT2D eigenvalue weighted by atomic mass is 10.2. The molecular weight excluding hydrogens is 176 g/mol. The van der Waals surface area contributed by atoms with Gasteiger partial charge in [0.2, 0.25) is 0 Å². The second kappa shape index (κ2) is 3.12. The number of benzene rings is 1. The Morgan fingerprint density at radius 2 is 1.29 bits per heavy atom. The van der Waals surface area contributed by atoms with E-state index in [0.29, 0.717) is 22.4 Å². The molecule has 0 atom stereocenters. The van der Waals surface area contributed by atoms with Crippen LogP contribution in [0.3, 0.4) is 0 Å². The summed E-state index contributed by atoms with van der Waals surface area (Å²) in [6.07, 6.45) is 3.13. The molecule has 0 unspecified atom stereocenters. The van der Waals surface area contributed by atoms with Gasteiger partial charge in [-0.05, 0) is 12.1 Å². The summed E-state index contributed by atoms with van der Waals surface area (Å²) >= 11 is 0. The van der Waals surface area contributed by atoms with Crippen molar-refractivity contribution in [2.75, 3.05) is 0 Å². The summed E-state index contributed by atoms with van der Waals surface area (Å²) in [5.41, 5.74) is 1.94. The van der Waals surface area contributed by atoms with Gasteiger partial charge in [0.05, 0.1) is 24.2 Å². The molecule has 0 radical (unpaired) electrons. The number of nitrogens with zero attached hydrogens (tertiary/aromatic N) is 4. The van der Waals surface area contributed by atoms with Crippen molar-refractivity contribution in [2.45, 2.75) is 0 Å². The Kier molecular flexibility index (Phi) is 1.82. The van der Waals surface area contributed by atoms with E-state index in [1.54, 1.807) is 24.5 Å². The molecule has 4 nitrogen and oxygen atoms in total. The minimum atomic E-state index is 0.327. The molecule has 0 N–H and O–H groups in total. The maximum absolute atomic E-state index is 6.90. The Labute approximate surface area is 80.5 Å². The van der Waals surface area contributed by atoms with Gasteiger partial charge in [-0.3, -0.25) is 19.7 Å². The molecule has 2 rings (SSSR count). The Bertz CT molecular complexity index is 522. The second-order valence-corrected chi connectivity index (χ2v) is 2.61. The van der Waals surface area contributed by atoms with Gasteiger partial charge < -0.3 is 0 Å². The molecule has 0 aliphatic rings. The Morgan fingerprint density at radius 3 is 1.64 bits per heavy atom. The maximum Gasteiger partial charge on any atom is 0.196 e. The predicted molar refractivity (Wildman–Crippen MR) is 52.1 cm³/mol. The monoisotopic (exact) mass is 180 g/mol. The number of hydrogen-bond acceptors (Lipinski definition) is 2. The molecule has 0 aliphatic carbocycles. The summed E-state index contributed by atoms with van der Waals surface area (Å²) in [5.74, 6) is 0. The van der Waals surface area contributed by atoms with E-state index in [4.69, 9.17) is 13.1 Å². The van der Waals surface area contributed by atoms with Crippen LogP contribution in [0.15, 0.2) is 24.5 Å². The minimum absolute atomic E-state index is 0.327. The lowest BCUT2D eigenvalue weighted by molar-refractivity contribution is 1.30. The SMILES string of the molecule is [C-]#[N+]c1cc2nccnc2cc1[N+]#[C-]. The first-order valence-corrected chi connectivity index (χ1v) is 3.85. The lowest BCUT2D eigenvalue weighted by Crippen LogP contribution is -1.80. The zero-order valence-corrected chi connectivity index (χ0v) is 7.10. The van der Waals surface area contributed by atoms with E-state index in [2.05, 4.69) is 19.7 Å². The van der Waals surface area contributed by atoms with Crippen LogP contribution < -0.4 is 0 Å². The smallest absolute Gasteiger partial charge is 0.196 e. The van der Waals surface area contributed by atoms with Crippen LogP contribution in [0.4, 0.5) is 11.4 Å². The van der Waals surface area contributed by atoms with E-state index in [-0.39, 0.29) is 0 Å². The van der Waals surface area contributed by atoms with Crippen LogP contribution in [0, 0.1) is 13.1 Å². The van der Waals surface area contributed by atoms with Gasteiger partial charge in [0.1, 0.15) is 0 Å². The molecule has 0 spiro atoms. The zero-order chi connectivity index (χ0) is 9.97. The van der Waals surface area contributed by atoms with Crippen molar-refractivity contribution in [1.29, 1.82) is 0 Å². The zero-order valence-electron chi connectivity index (χ0n) is 7.10. The van der Waals surface area contributed by atoms with Gasteiger partial charge in [-0.2, -0.15) is 0 Å². The largest absolute Gasteiger partial charge is 0.254 e. The molecule has 0 fully saturated rings. The third-order valence-electron chi connectivity index (χ3n) is 1.81. The number of hydrogen-bond donors (Lipinski definition) is 0. The van der Waals surface area contributed by atoms with Gasteiger partial charge >= 0.3 is 0 Å². The first-order valence-electron chi connectivity index (χ1n) is 3.85. The van der Waals surface area contributed by atoms with Gasteiger partial charge in [-0.1, -0.05) is 0 Å². The number of rotatable bonds is 0. The Hall–Kier alpha value is -2.46. The van der Waals surface area contributed by atoms with E-state index in [0.717, 1.165) is 0 Å². The number of aromatic nitrogens is 2. The third kappa shape index (κ3) is 1.16. The van der Waals surface area contributed by atoms with E-state index in [9.17, 15) is 0 Å². The van der Waals surface area contributed by atoms with Crippen molar-refractivity contribution >= 4 is 22.4 Å². The average Bonchev–Trinajstić information content (AvgIpc) is 2.27. The fourth-order valence-corrected chi connectivity index (χ4v) is 1.17. The molecule has 0 saturated heterocycles. The van der Waals surface area contributed by atoms with Gasteiger partial charge in [0, 0.05) is 12.4 Å². The van der Waals surface area contributed by atoms with Crippen molar-refractivity contribution in [3.63, 3.8) is 0 Å². The Morgan fingerprint density at radius 1 is 0.857 bits per heavy atom. The molecule has 2 aromatic rings. The molecule has 1 heterocycles. The molecule has 1 aromatic heterocycles. The highest BCUT2D eigenvalue weighted by atomic mass is 14.8. The van der Waals surface area contributed by atoms with E-state index < -0.39 is 0 Å². The summed E-state index contributed by atoms with van der Waals surface area (Å²) in [4.78, 5) is 14.6. The van der Waals surface area contributed by atoms with Crippen LogP contribution in [0.2, 0.25) is 0 Å². The normalized spacial score (nSPS) is 9.29. The third-order valence-corrected chi connectivity index (χ3v) is 1.81. The molecule has 0 saturated carbocycles. The summed E-state index contributed by atoms with van der Waals surface area (Å²) in [5, 5.41) is 0. The van der Waals surface area contributed by atoms with E-state index >= 15 is 0 Å². The van der Waals surface area contributed by atoms with E-state index in [1.165, 1.54) is 0 Å². The van der Waals surface area contributed by atoms with Crippen molar-refractivity contribution in [3.05, 3.63) is 47.4 Å². The van der Waals surface area contributed by atoms with Gasteiger partial charge in [-0.25, -0.2) is 0 Å². The highest BCUT2D eigenvalue weighted by Crippen LogP contribution is 2.31. The lowest BCUT2D eigenvalue weighted by Gasteiger charge is -1.97. The van der Waals surface area contributed by atoms with Gasteiger partial charge in [0.25, 0.3) is 0 Å². The Balaban J connectivity index is 2.85. The molecular formula is C10H4N4. The van der Waals surface area contributed by atoms with Crippen molar-refractivity contribution in [3.8, 4) is 0 Å². The quantitative estimate of drug-likeness (QED) is 0.584. The predicted octanol–water partition coefficient (Wildman–Crippen LogP) is 2.73. The molecule has 4 heteroatoms. The summed E-state index contributed by atoms with van der Waals surface area (Å²) in [6, 6.07) is 3.17. The van der Waals surface area contributed by atoms with Crippen LogP contribution in [-0.4, -0.2) is 9.97 Å². The van der Waals surface area contributed by atoms with Crippen LogP contribution in [-0.2, 0) is 0 Å². The number of fused-ring (bicyclic) bond motifs is 1. The summed E-state index contributed by atoms with van der Waals surface area (Å²) in [7, 11) is 0. The van der Waals surface area contributed by atoms with Gasteiger partial charge in [-0.15, -0.1) is 0 Å². The topological polar surface area (TPSA) is 34.5 Å². The molecule has 1 aromatic carbocycles. The minimum Gasteiger partial charge on any atom is -0.254 e. The van der Waals surface area contributed by atoms with Gasteiger partial charge in [0.15, 0.2) is 11.4 Å². The highest BCUT2D eigenvalue weighted by molar-refractivity contribution is 5.87. The van der Waals surface area contributed by atoms with Crippen LogP contribution in [0.5, 0.6) is 0 Å². The fourth-order valence-electron chi connectivity index (χ4n) is 1.17. The average molecular weight is 180 g/mol. The highest BCUT2D eigenvalue weighted by Gasteiger charge is 2.05. The van der Waals surface area contributed by atoms with E-state index in [1.807, 2.05) is 0 Å². The molecule has 64 valence electrons. The first-order chi connectivity index (χ1) is 6.85. The van der Waals surface area contributed by atoms with Crippen molar-refractivity contribution in [1.82, 2.24) is 9.97 Å². The van der Waals surface area contributed by atoms with Crippen molar-refractivity contribution in [2.24, 2.45) is 0 Å². The first kappa shape index (κ1) is 8.15. The van der Waals surface area contributed by atoms with Crippen LogP contribution in [0.1, 0.15) is 0 Å².